The van der Waals surface area contributed by atoms with Crippen molar-refractivity contribution < 1.29 is 9.47 Å². The van der Waals surface area contributed by atoms with Crippen LogP contribution in [0.15, 0.2) is 23.3 Å². The average molecular weight is 389 g/mol. The van der Waals surface area contributed by atoms with Crippen molar-refractivity contribution in [2.24, 2.45) is 0 Å². The number of rotatable bonds is 2. The maximum absolute atomic E-state index is 13.2. The van der Waals surface area contributed by atoms with Crippen molar-refractivity contribution in [3.05, 3.63) is 55.4 Å². The maximum atomic E-state index is 13.2. The van der Waals surface area contributed by atoms with E-state index in [0.717, 1.165) is 46.4 Å². The first-order valence-corrected chi connectivity index (χ1v) is 9.91. The van der Waals surface area contributed by atoms with Crippen LogP contribution >= 0.6 is 22.9 Å². The van der Waals surface area contributed by atoms with E-state index in [1.165, 1.54) is 16.9 Å². The molecule has 0 saturated carbocycles. The summed E-state index contributed by atoms with van der Waals surface area (Å²) in [6.45, 7) is 1.06. The van der Waals surface area contributed by atoms with Crippen LogP contribution in [0.5, 0.6) is 5.75 Å². The monoisotopic (exact) mass is 388 g/mol. The van der Waals surface area contributed by atoms with Gasteiger partial charge in [0, 0.05) is 21.0 Å². The van der Waals surface area contributed by atoms with Gasteiger partial charge < -0.3 is 9.47 Å². The van der Waals surface area contributed by atoms with Gasteiger partial charge in [-0.2, -0.15) is 0 Å². The van der Waals surface area contributed by atoms with Crippen molar-refractivity contribution in [1.82, 2.24) is 9.55 Å². The van der Waals surface area contributed by atoms with Crippen molar-refractivity contribution in [3.63, 3.8) is 0 Å². The molecule has 3 aromatic rings. The fourth-order valence-corrected chi connectivity index (χ4v) is 5.33. The Morgan fingerprint density at radius 1 is 1.27 bits per heavy atom. The van der Waals surface area contributed by atoms with Gasteiger partial charge in [-0.25, -0.2) is 4.98 Å². The smallest absolute Gasteiger partial charge is 0.262 e. The molecule has 3 heterocycles. The van der Waals surface area contributed by atoms with E-state index in [9.17, 15) is 4.79 Å². The lowest BCUT2D eigenvalue weighted by atomic mass is 9.97. The predicted molar refractivity (Wildman–Crippen MR) is 101 cm³/mol. The molecule has 2 aromatic heterocycles. The second-order valence-corrected chi connectivity index (χ2v) is 8.25. The zero-order valence-corrected chi connectivity index (χ0v) is 15.7. The molecule has 0 amide bonds. The molecule has 0 bridgehead atoms. The largest absolute Gasteiger partial charge is 0.467 e. The molecule has 1 aliphatic heterocycles. The summed E-state index contributed by atoms with van der Waals surface area (Å²) in [5.74, 6) is 0.764. The Labute approximate surface area is 159 Å². The number of thiophene rings is 1. The Morgan fingerprint density at radius 3 is 3.08 bits per heavy atom. The molecule has 26 heavy (non-hydrogen) atoms. The highest BCUT2D eigenvalue weighted by Crippen LogP contribution is 2.34. The fraction of sp³-hybridized carbons (Fsp3) is 0.368. The minimum atomic E-state index is 0.0233. The summed E-state index contributed by atoms with van der Waals surface area (Å²) in [6, 6.07) is 3.70. The Morgan fingerprint density at radius 2 is 2.15 bits per heavy atom. The predicted octanol–water partition coefficient (Wildman–Crippen LogP) is 3.91. The Balaban J connectivity index is 1.62. The molecular weight excluding hydrogens is 372 g/mol. The third kappa shape index (κ3) is 2.64. The van der Waals surface area contributed by atoms with Crippen LogP contribution in [-0.2, 0) is 30.7 Å². The molecule has 0 radical (unpaired) electrons. The standard InChI is InChI=1S/C19H17ClN2O3S/c20-13-5-11(17-12(6-13)8-24-10-25-17)7-22-9-21-18-16(19(22)23)14-3-1-2-4-15(14)26-18/h5-6,9H,1-4,7-8,10H2. The van der Waals surface area contributed by atoms with Gasteiger partial charge >= 0.3 is 0 Å². The highest BCUT2D eigenvalue weighted by Gasteiger charge is 2.21. The Bertz CT molecular complexity index is 1070. The van der Waals surface area contributed by atoms with E-state index in [0.29, 0.717) is 18.2 Å². The third-order valence-electron chi connectivity index (χ3n) is 5.03. The number of benzene rings is 1. The zero-order chi connectivity index (χ0) is 17.7. The van der Waals surface area contributed by atoms with Crippen LogP contribution in [-0.4, -0.2) is 16.3 Å². The number of fused-ring (bicyclic) bond motifs is 4. The lowest BCUT2D eigenvalue weighted by Crippen LogP contribution is -2.23. The summed E-state index contributed by atoms with van der Waals surface area (Å²) in [4.78, 5) is 19.9. The second kappa shape index (κ2) is 6.37. The van der Waals surface area contributed by atoms with Crippen LogP contribution < -0.4 is 10.3 Å². The summed E-state index contributed by atoms with van der Waals surface area (Å²) < 4.78 is 12.7. The van der Waals surface area contributed by atoms with Gasteiger partial charge in [0.05, 0.1) is 24.9 Å². The molecule has 0 atom stereocenters. The third-order valence-corrected chi connectivity index (χ3v) is 6.45. The van der Waals surface area contributed by atoms with Crippen molar-refractivity contribution in [1.29, 1.82) is 0 Å². The van der Waals surface area contributed by atoms with E-state index >= 15 is 0 Å². The number of nitrogens with zero attached hydrogens (tertiary/aromatic N) is 2. The van der Waals surface area contributed by atoms with Gasteiger partial charge in [0.15, 0.2) is 6.79 Å². The number of aryl methyl sites for hydroxylation is 2. The topological polar surface area (TPSA) is 53.4 Å². The first kappa shape index (κ1) is 16.3. The molecule has 0 saturated heterocycles. The summed E-state index contributed by atoms with van der Waals surface area (Å²) in [5.41, 5.74) is 3.02. The molecule has 1 aromatic carbocycles. The lowest BCUT2D eigenvalue weighted by molar-refractivity contribution is -0.0170. The van der Waals surface area contributed by atoms with Gasteiger partial charge in [-0.05, 0) is 43.4 Å². The van der Waals surface area contributed by atoms with Crippen LogP contribution in [0.4, 0.5) is 0 Å². The summed E-state index contributed by atoms with van der Waals surface area (Å²) in [7, 11) is 0. The minimum absolute atomic E-state index is 0.0233. The van der Waals surface area contributed by atoms with Gasteiger partial charge in [-0.15, -0.1) is 11.3 Å². The first-order chi connectivity index (χ1) is 12.7. The zero-order valence-electron chi connectivity index (χ0n) is 14.1. The number of aromatic nitrogens is 2. The second-order valence-electron chi connectivity index (χ2n) is 6.73. The number of halogens is 1. The van der Waals surface area contributed by atoms with E-state index < -0.39 is 0 Å². The molecule has 134 valence electrons. The number of hydrogen-bond donors (Lipinski definition) is 0. The van der Waals surface area contributed by atoms with Crippen LogP contribution in [0, 0.1) is 0 Å². The van der Waals surface area contributed by atoms with Gasteiger partial charge in [0.2, 0.25) is 0 Å². The Hall–Kier alpha value is -1.89. The molecule has 2 aliphatic rings. The molecule has 5 nitrogen and oxygen atoms in total. The lowest BCUT2D eigenvalue weighted by Gasteiger charge is -2.21. The van der Waals surface area contributed by atoms with E-state index in [-0.39, 0.29) is 12.4 Å². The van der Waals surface area contributed by atoms with Gasteiger partial charge in [0.25, 0.3) is 5.56 Å². The molecule has 1 aliphatic carbocycles. The molecule has 5 rings (SSSR count). The van der Waals surface area contributed by atoms with E-state index in [1.54, 1.807) is 22.2 Å². The molecule has 0 unspecified atom stereocenters. The Kier molecular flexibility index (Phi) is 3.99. The van der Waals surface area contributed by atoms with Crippen molar-refractivity contribution in [2.45, 2.75) is 38.8 Å². The van der Waals surface area contributed by atoms with Crippen LogP contribution in [0.3, 0.4) is 0 Å². The molecule has 0 N–H and O–H groups in total. The number of ether oxygens (including phenoxy) is 2. The average Bonchev–Trinajstić information content (AvgIpc) is 3.03. The van der Waals surface area contributed by atoms with E-state index in [4.69, 9.17) is 21.1 Å². The summed E-state index contributed by atoms with van der Waals surface area (Å²) in [5, 5.41) is 1.41. The van der Waals surface area contributed by atoms with Gasteiger partial charge in [-0.3, -0.25) is 9.36 Å². The van der Waals surface area contributed by atoms with E-state index in [1.807, 2.05) is 12.1 Å². The van der Waals surface area contributed by atoms with Gasteiger partial charge in [-0.1, -0.05) is 11.6 Å². The molecular formula is C19H17ClN2O3S. The fourth-order valence-electron chi connectivity index (χ4n) is 3.85. The maximum Gasteiger partial charge on any atom is 0.262 e. The highest BCUT2D eigenvalue weighted by molar-refractivity contribution is 7.18. The molecule has 7 heteroatoms. The van der Waals surface area contributed by atoms with Crippen LogP contribution in [0.1, 0.15) is 34.4 Å². The number of hydrogen-bond acceptors (Lipinski definition) is 5. The quantitative estimate of drug-likeness (QED) is 0.668. The van der Waals surface area contributed by atoms with Gasteiger partial charge in [0.1, 0.15) is 10.6 Å². The summed E-state index contributed by atoms with van der Waals surface area (Å²) >= 11 is 7.92. The van der Waals surface area contributed by atoms with E-state index in [2.05, 4.69) is 4.98 Å². The first-order valence-electron chi connectivity index (χ1n) is 8.72. The molecule has 0 spiro atoms. The normalized spacial score (nSPS) is 16.2. The van der Waals surface area contributed by atoms with Crippen LogP contribution in [0.25, 0.3) is 10.2 Å². The van der Waals surface area contributed by atoms with Crippen LogP contribution in [0.2, 0.25) is 5.02 Å². The SMILES string of the molecule is O=c1c2c3c(sc2ncn1Cc1cc(Cl)cc2c1OCOC2)CCCC3. The van der Waals surface area contributed by atoms with Crippen molar-refractivity contribution in [2.75, 3.05) is 6.79 Å². The highest BCUT2D eigenvalue weighted by atomic mass is 35.5. The summed E-state index contributed by atoms with van der Waals surface area (Å²) in [6.07, 6.45) is 6.01. The molecule has 0 fully saturated rings. The van der Waals surface area contributed by atoms with Crippen molar-refractivity contribution >= 4 is 33.2 Å². The minimum Gasteiger partial charge on any atom is -0.467 e. The van der Waals surface area contributed by atoms with Crippen molar-refractivity contribution in [3.8, 4) is 5.75 Å².